The van der Waals surface area contributed by atoms with Crippen molar-refractivity contribution in [1.82, 2.24) is 14.5 Å². The van der Waals surface area contributed by atoms with Gasteiger partial charge in [0.25, 0.3) is 0 Å². The molecule has 2 heterocycles. The van der Waals surface area contributed by atoms with Crippen LogP contribution in [0.5, 0.6) is 5.75 Å². The van der Waals surface area contributed by atoms with E-state index in [1.54, 1.807) is 16.7 Å². The third-order valence-electron chi connectivity index (χ3n) is 12.5. The highest BCUT2D eigenvalue weighted by Crippen LogP contribution is 2.48. The Kier molecular flexibility index (Phi) is 8.48. The summed E-state index contributed by atoms with van der Waals surface area (Å²) >= 11 is 0. The number of hydrogen-bond acceptors (Lipinski definition) is 3. The van der Waals surface area contributed by atoms with Crippen LogP contribution in [-0.2, 0) is 21.7 Å². The van der Waals surface area contributed by atoms with E-state index in [-0.39, 0.29) is 57.2 Å². The summed E-state index contributed by atoms with van der Waals surface area (Å²) < 4.78 is 112. The second-order valence-electron chi connectivity index (χ2n) is 21.7. The Hall–Kier alpha value is -7.04. The van der Waals surface area contributed by atoms with Gasteiger partial charge in [-0.25, -0.2) is 4.98 Å². The number of para-hydroxylation sites is 1. The molecule has 0 saturated heterocycles. The smallest absolute Gasteiger partial charge is 0.149 e. The molecule has 0 fully saturated rings. The molecule has 0 atom stereocenters. The Bertz CT molecular complexity index is 3880. The van der Waals surface area contributed by atoms with Crippen molar-refractivity contribution < 1.29 is 21.6 Å². The lowest BCUT2D eigenvalue weighted by atomic mass is 9.78. The van der Waals surface area contributed by atoms with E-state index in [0.717, 1.165) is 11.1 Å². The van der Waals surface area contributed by atoms with E-state index in [9.17, 15) is 12.0 Å². The van der Waals surface area contributed by atoms with Crippen molar-refractivity contribution in [2.75, 3.05) is 0 Å². The fraction of sp³-hybridized carbons (Fsp3) is 0.250. The third-order valence-corrected chi connectivity index (χ3v) is 12.5. The molecule has 0 bridgehead atoms. The lowest BCUT2D eigenvalue weighted by Gasteiger charge is -2.28. The fourth-order valence-corrected chi connectivity index (χ4v) is 8.62. The van der Waals surface area contributed by atoms with Gasteiger partial charge < -0.3 is 5.11 Å². The first kappa shape index (κ1) is 33.4. The number of hydrogen-bond donors (Lipinski definition) is 1. The quantitative estimate of drug-likeness (QED) is 0.173. The second-order valence-corrected chi connectivity index (χ2v) is 21.7. The summed E-state index contributed by atoms with van der Waals surface area (Å²) in [5.41, 5.74) is 4.92. The maximum absolute atomic E-state index is 12.9. The molecule has 0 spiro atoms. The van der Waals surface area contributed by atoms with Crippen LogP contribution in [0, 0.1) is 0 Å². The van der Waals surface area contributed by atoms with E-state index in [1.165, 1.54) is 6.20 Å². The molecule has 2 aromatic heterocycles. The standard InChI is InChI=1S/C64H65N3O/c1-61(2,3)47-34-45(33-46(35-47)55-36-44(31-32-65-55)41-23-16-13-17-24-41)50-29-22-30-56-57(50)66-60(53-39-49(63(7,8)9)40-54(59(53)68)64(10,11)12)67(56)58-51(42-25-18-14-19-26-42)37-48(62(4,5)6)38-52(58)43-27-20-15-21-28-43/h13-40,68H,1-12H3/i14D,15D,18D,19D,20D,21D,25D,26D,27D,28D,31D,36D. The number of fused-ring (bicyclic) bond motifs is 1. The van der Waals surface area contributed by atoms with Crippen molar-refractivity contribution in [2.24, 2.45) is 0 Å². The van der Waals surface area contributed by atoms with Crippen molar-refractivity contribution in [1.29, 1.82) is 0 Å². The Balaban J connectivity index is 1.54. The molecular weight excluding hydrogens is 827 g/mol. The predicted molar refractivity (Wildman–Crippen MR) is 288 cm³/mol. The number of phenolic OH excluding ortho intramolecular Hbond substituents is 1. The van der Waals surface area contributed by atoms with Crippen LogP contribution in [0.4, 0.5) is 0 Å². The van der Waals surface area contributed by atoms with Crippen LogP contribution in [0.25, 0.3) is 83.9 Å². The van der Waals surface area contributed by atoms with Crippen LogP contribution in [-0.4, -0.2) is 19.6 Å². The Morgan fingerprint density at radius 2 is 1.01 bits per heavy atom. The van der Waals surface area contributed by atoms with E-state index in [0.29, 0.717) is 55.7 Å². The summed E-state index contributed by atoms with van der Waals surface area (Å²) in [6.45, 7) is 24.2. The number of rotatable bonds is 7. The van der Waals surface area contributed by atoms with Crippen molar-refractivity contribution in [3.05, 3.63) is 192 Å². The Labute approximate surface area is 421 Å². The van der Waals surface area contributed by atoms with Gasteiger partial charge >= 0.3 is 0 Å². The normalized spacial score (nSPS) is 14.9. The molecular formula is C64H65N3O. The van der Waals surface area contributed by atoms with E-state index in [1.807, 2.05) is 114 Å². The van der Waals surface area contributed by atoms with E-state index < -0.39 is 82.1 Å². The summed E-state index contributed by atoms with van der Waals surface area (Å²) in [5, 5.41) is 12.9. The zero-order valence-electron chi connectivity index (χ0n) is 53.0. The van der Waals surface area contributed by atoms with Gasteiger partial charge in [0, 0.05) is 34.0 Å². The third kappa shape index (κ3) is 8.93. The van der Waals surface area contributed by atoms with Gasteiger partial charge in [0.2, 0.25) is 0 Å². The van der Waals surface area contributed by atoms with Crippen LogP contribution in [0.1, 0.15) is 122 Å². The Morgan fingerprint density at radius 3 is 1.59 bits per heavy atom. The molecule has 7 aromatic carbocycles. The number of imidazole rings is 1. The first-order valence-corrected chi connectivity index (χ1v) is 23.1. The molecule has 0 radical (unpaired) electrons. The maximum Gasteiger partial charge on any atom is 0.149 e. The summed E-state index contributed by atoms with van der Waals surface area (Å²) in [6.07, 6.45) is 1.46. The molecule has 4 nitrogen and oxygen atoms in total. The first-order chi connectivity index (χ1) is 37.1. The topological polar surface area (TPSA) is 50.9 Å². The van der Waals surface area contributed by atoms with Crippen LogP contribution in [0.2, 0.25) is 0 Å². The van der Waals surface area contributed by atoms with Crippen LogP contribution in [0.15, 0.2) is 170 Å². The molecule has 68 heavy (non-hydrogen) atoms. The summed E-state index contributed by atoms with van der Waals surface area (Å²) in [7, 11) is 0. The van der Waals surface area contributed by atoms with Gasteiger partial charge in [-0.2, -0.15) is 0 Å². The lowest BCUT2D eigenvalue weighted by Crippen LogP contribution is -2.17. The maximum atomic E-state index is 12.9. The number of pyridine rings is 1. The number of benzene rings is 7. The SMILES string of the molecule is [2H]c1cnc(-c2cc(-c3cccc4c3nc(-c3cc(C(C)(C)C)cc(C(C)(C)C)c3O)n4-c3c(-c4c([2H])c([2H])c([2H])c([2H])c4[2H])cc(C(C)(C)C)cc3-c3c([2H])c([2H])c([2H])c([2H])c3[2H])cc(C(C)(C)C)c2)c([2H])c1-c1ccccc1. The first-order valence-electron chi connectivity index (χ1n) is 29.1. The van der Waals surface area contributed by atoms with Gasteiger partial charge in [-0.15, -0.1) is 0 Å². The lowest BCUT2D eigenvalue weighted by molar-refractivity contribution is 0.446. The van der Waals surface area contributed by atoms with Gasteiger partial charge in [-0.05, 0) is 115 Å². The summed E-state index contributed by atoms with van der Waals surface area (Å²) in [4.78, 5) is 10.3. The molecule has 0 aliphatic heterocycles. The molecule has 4 heteroatoms. The highest BCUT2D eigenvalue weighted by atomic mass is 16.3. The van der Waals surface area contributed by atoms with Crippen molar-refractivity contribution in [3.63, 3.8) is 0 Å². The highest BCUT2D eigenvalue weighted by Gasteiger charge is 2.31. The van der Waals surface area contributed by atoms with Gasteiger partial charge in [0.1, 0.15) is 11.6 Å². The number of aromatic hydroxyl groups is 1. The minimum absolute atomic E-state index is 0.0772. The molecule has 1 N–H and O–H groups in total. The molecule has 0 aliphatic carbocycles. The molecule has 9 rings (SSSR count). The number of aromatic nitrogens is 3. The molecule has 0 saturated carbocycles. The minimum atomic E-state index is -0.733. The van der Waals surface area contributed by atoms with Crippen LogP contribution in [0.3, 0.4) is 0 Å². The monoisotopic (exact) mass is 904 g/mol. The molecule has 9 aromatic rings. The number of nitrogens with zero attached hydrogens (tertiary/aromatic N) is 3. The van der Waals surface area contributed by atoms with E-state index in [4.69, 9.17) is 19.6 Å². The van der Waals surface area contributed by atoms with E-state index in [2.05, 4.69) is 47.6 Å². The van der Waals surface area contributed by atoms with Gasteiger partial charge in [0.05, 0.1) is 44.4 Å². The van der Waals surface area contributed by atoms with E-state index >= 15 is 0 Å². The second kappa shape index (κ2) is 17.2. The van der Waals surface area contributed by atoms with Gasteiger partial charge in [0.15, 0.2) is 0 Å². The zero-order chi connectivity index (χ0) is 58.8. The largest absolute Gasteiger partial charge is 0.507 e. The molecule has 0 unspecified atom stereocenters. The van der Waals surface area contributed by atoms with Crippen molar-refractivity contribution >= 4 is 11.0 Å². The zero-order valence-corrected chi connectivity index (χ0v) is 41.0. The molecule has 0 amide bonds. The van der Waals surface area contributed by atoms with Crippen LogP contribution >= 0.6 is 0 Å². The number of phenols is 1. The van der Waals surface area contributed by atoms with Gasteiger partial charge in [-0.3, -0.25) is 9.55 Å². The molecule has 0 aliphatic rings. The van der Waals surface area contributed by atoms with Gasteiger partial charge in [-0.1, -0.05) is 198 Å². The average Bonchev–Trinajstić information content (AvgIpc) is 3.90. The van der Waals surface area contributed by atoms with Crippen LogP contribution < -0.4 is 0 Å². The summed E-state index contributed by atoms with van der Waals surface area (Å²) in [6, 6.07) is 22.7. The summed E-state index contributed by atoms with van der Waals surface area (Å²) in [5.74, 6) is 0.0508. The van der Waals surface area contributed by atoms with Crippen molar-refractivity contribution in [2.45, 2.75) is 105 Å². The minimum Gasteiger partial charge on any atom is -0.507 e. The Morgan fingerprint density at radius 1 is 0.471 bits per heavy atom. The fourth-order valence-electron chi connectivity index (χ4n) is 8.62. The predicted octanol–water partition coefficient (Wildman–Crippen LogP) is 17.3. The highest BCUT2D eigenvalue weighted by molar-refractivity contribution is 6.00. The average molecular weight is 904 g/mol. The van der Waals surface area contributed by atoms with Crippen molar-refractivity contribution in [3.8, 4) is 78.6 Å². The molecule has 342 valence electrons.